The Bertz CT molecular complexity index is 594. The van der Waals surface area contributed by atoms with E-state index < -0.39 is 0 Å². The predicted molar refractivity (Wildman–Crippen MR) is 85.4 cm³/mol. The molecule has 5 heteroatoms. The van der Waals surface area contributed by atoms with Gasteiger partial charge in [-0.25, -0.2) is 0 Å². The standard InChI is InChI=1S/C16H27N5/c1-7-17-15(16-12(4)18-20(6)13(16)5)10-14-8-9-21(19-14)11(2)3/h8-9,11,15,17H,7,10H2,1-6H3. The van der Waals surface area contributed by atoms with E-state index in [0.29, 0.717) is 6.04 Å². The molecule has 0 aliphatic heterocycles. The molecule has 0 aromatic carbocycles. The molecule has 0 amide bonds. The first-order chi connectivity index (χ1) is 9.93. The molecule has 2 rings (SSSR count). The first-order valence-corrected chi connectivity index (χ1v) is 7.71. The Hall–Kier alpha value is -1.62. The largest absolute Gasteiger partial charge is 0.310 e. The van der Waals surface area contributed by atoms with Crippen molar-refractivity contribution in [2.75, 3.05) is 6.54 Å². The Kier molecular flexibility index (Phi) is 4.83. The lowest BCUT2D eigenvalue weighted by Crippen LogP contribution is -2.24. The van der Waals surface area contributed by atoms with Crippen molar-refractivity contribution in [3.05, 3.63) is 34.9 Å². The third-order valence-corrected chi connectivity index (χ3v) is 3.97. The van der Waals surface area contributed by atoms with Gasteiger partial charge in [0.1, 0.15) is 0 Å². The van der Waals surface area contributed by atoms with Gasteiger partial charge in [0.15, 0.2) is 0 Å². The van der Waals surface area contributed by atoms with E-state index >= 15 is 0 Å². The Balaban J connectivity index is 2.26. The van der Waals surface area contributed by atoms with Gasteiger partial charge in [-0.1, -0.05) is 6.92 Å². The van der Waals surface area contributed by atoms with E-state index in [1.807, 2.05) is 16.4 Å². The van der Waals surface area contributed by atoms with Crippen LogP contribution in [0.5, 0.6) is 0 Å². The first kappa shape index (κ1) is 15.8. The van der Waals surface area contributed by atoms with Crippen LogP contribution in [-0.4, -0.2) is 26.1 Å². The van der Waals surface area contributed by atoms with Crippen LogP contribution in [0.3, 0.4) is 0 Å². The van der Waals surface area contributed by atoms with Crippen molar-refractivity contribution < 1.29 is 0 Å². The summed E-state index contributed by atoms with van der Waals surface area (Å²) in [7, 11) is 2.00. The Morgan fingerprint density at radius 2 is 1.95 bits per heavy atom. The second-order valence-corrected chi connectivity index (χ2v) is 5.90. The van der Waals surface area contributed by atoms with Gasteiger partial charge in [0.25, 0.3) is 0 Å². The molecular formula is C16H27N5. The summed E-state index contributed by atoms with van der Waals surface area (Å²) < 4.78 is 3.98. The summed E-state index contributed by atoms with van der Waals surface area (Å²) in [4.78, 5) is 0. The molecule has 0 saturated carbocycles. The van der Waals surface area contributed by atoms with Crippen molar-refractivity contribution in [2.45, 2.75) is 53.1 Å². The van der Waals surface area contributed by atoms with E-state index in [0.717, 1.165) is 24.4 Å². The van der Waals surface area contributed by atoms with Gasteiger partial charge in [-0.3, -0.25) is 9.36 Å². The highest BCUT2D eigenvalue weighted by Gasteiger charge is 2.20. The number of nitrogens with one attached hydrogen (secondary N) is 1. The number of nitrogens with zero attached hydrogens (tertiary/aromatic N) is 4. The average molecular weight is 289 g/mol. The van der Waals surface area contributed by atoms with E-state index in [2.05, 4.69) is 62.4 Å². The maximum atomic E-state index is 4.67. The third kappa shape index (κ3) is 3.35. The molecule has 0 aliphatic rings. The van der Waals surface area contributed by atoms with Crippen LogP contribution in [0.2, 0.25) is 0 Å². The second kappa shape index (κ2) is 6.43. The average Bonchev–Trinajstić information content (AvgIpc) is 2.96. The molecule has 0 radical (unpaired) electrons. The predicted octanol–water partition coefficient (Wildman–Crippen LogP) is 2.71. The molecule has 0 spiro atoms. The fraction of sp³-hybridized carbons (Fsp3) is 0.625. The lowest BCUT2D eigenvalue weighted by atomic mass is 10.00. The second-order valence-electron chi connectivity index (χ2n) is 5.90. The highest BCUT2D eigenvalue weighted by Crippen LogP contribution is 2.24. The lowest BCUT2D eigenvalue weighted by molar-refractivity contribution is 0.504. The van der Waals surface area contributed by atoms with Crippen LogP contribution in [-0.2, 0) is 13.5 Å². The van der Waals surface area contributed by atoms with Gasteiger partial charge in [0.2, 0.25) is 0 Å². The topological polar surface area (TPSA) is 47.7 Å². The van der Waals surface area contributed by atoms with Crippen LogP contribution in [0.4, 0.5) is 0 Å². The van der Waals surface area contributed by atoms with E-state index in [4.69, 9.17) is 0 Å². The van der Waals surface area contributed by atoms with Crippen LogP contribution in [0.25, 0.3) is 0 Å². The Morgan fingerprint density at radius 1 is 1.24 bits per heavy atom. The Labute approximate surface area is 127 Å². The molecule has 116 valence electrons. The number of aromatic nitrogens is 4. The zero-order chi connectivity index (χ0) is 15.6. The molecule has 21 heavy (non-hydrogen) atoms. The smallest absolute Gasteiger partial charge is 0.0644 e. The molecule has 0 saturated heterocycles. The van der Waals surface area contributed by atoms with E-state index in [1.165, 1.54) is 11.3 Å². The fourth-order valence-corrected chi connectivity index (χ4v) is 2.80. The zero-order valence-corrected chi connectivity index (χ0v) is 14.0. The molecule has 2 aromatic heterocycles. The van der Waals surface area contributed by atoms with E-state index in [1.54, 1.807) is 0 Å². The number of rotatable bonds is 6. The molecule has 1 unspecified atom stereocenters. The van der Waals surface area contributed by atoms with Crippen molar-refractivity contribution >= 4 is 0 Å². The molecule has 1 N–H and O–H groups in total. The highest BCUT2D eigenvalue weighted by atomic mass is 15.3. The highest BCUT2D eigenvalue weighted by molar-refractivity contribution is 5.29. The van der Waals surface area contributed by atoms with Gasteiger partial charge in [-0.2, -0.15) is 10.2 Å². The molecule has 0 aliphatic carbocycles. The molecule has 0 bridgehead atoms. The minimum atomic E-state index is 0.263. The van der Waals surface area contributed by atoms with Gasteiger partial charge in [-0.05, 0) is 40.3 Å². The minimum absolute atomic E-state index is 0.263. The molecule has 0 fully saturated rings. The summed E-state index contributed by atoms with van der Waals surface area (Å²) in [6, 6.07) is 2.78. The van der Waals surface area contributed by atoms with E-state index in [-0.39, 0.29) is 6.04 Å². The van der Waals surface area contributed by atoms with Gasteiger partial charge in [0.05, 0.1) is 11.4 Å². The number of likely N-dealkylation sites (N-methyl/N-ethyl adjacent to an activating group) is 1. The quantitative estimate of drug-likeness (QED) is 0.889. The molecule has 2 heterocycles. The van der Waals surface area contributed by atoms with Gasteiger partial charge in [-0.15, -0.1) is 0 Å². The van der Waals surface area contributed by atoms with E-state index in [9.17, 15) is 0 Å². The summed E-state index contributed by atoms with van der Waals surface area (Å²) in [6.07, 6.45) is 2.95. The van der Waals surface area contributed by atoms with Crippen LogP contribution >= 0.6 is 0 Å². The molecule has 2 aromatic rings. The zero-order valence-electron chi connectivity index (χ0n) is 14.0. The van der Waals surface area contributed by atoms with Gasteiger partial charge in [0, 0.05) is 43.0 Å². The lowest BCUT2D eigenvalue weighted by Gasteiger charge is -2.18. The summed E-state index contributed by atoms with van der Waals surface area (Å²) in [6.45, 7) is 11.6. The minimum Gasteiger partial charge on any atom is -0.310 e. The van der Waals surface area contributed by atoms with Crippen LogP contribution in [0.15, 0.2) is 12.3 Å². The van der Waals surface area contributed by atoms with Gasteiger partial charge >= 0.3 is 0 Å². The van der Waals surface area contributed by atoms with Crippen molar-refractivity contribution in [1.29, 1.82) is 0 Å². The Morgan fingerprint density at radius 3 is 2.43 bits per heavy atom. The van der Waals surface area contributed by atoms with Crippen molar-refractivity contribution in [3.63, 3.8) is 0 Å². The SMILES string of the molecule is CCNC(Cc1ccn(C(C)C)n1)c1c(C)nn(C)c1C. The summed E-state index contributed by atoms with van der Waals surface area (Å²) >= 11 is 0. The third-order valence-electron chi connectivity index (χ3n) is 3.97. The van der Waals surface area contributed by atoms with Crippen LogP contribution < -0.4 is 5.32 Å². The summed E-state index contributed by atoms with van der Waals surface area (Å²) in [5, 5.41) is 12.8. The normalized spacial score (nSPS) is 13.1. The number of aryl methyl sites for hydroxylation is 2. The van der Waals surface area contributed by atoms with Crippen LogP contribution in [0.1, 0.15) is 55.5 Å². The summed E-state index contributed by atoms with van der Waals surface area (Å²) in [5.74, 6) is 0. The molecule has 5 nitrogen and oxygen atoms in total. The first-order valence-electron chi connectivity index (χ1n) is 7.71. The number of hydrogen-bond donors (Lipinski definition) is 1. The molecule has 1 atom stereocenters. The van der Waals surface area contributed by atoms with Crippen LogP contribution in [0, 0.1) is 13.8 Å². The molecular weight excluding hydrogens is 262 g/mol. The fourth-order valence-electron chi connectivity index (χ4n) is 2.80. The maximum Gasteiger partial charge on any atom is 0.0644 e. The number of hydrogen-bond acceptors (Lipinski definition) is 3. The van der Waals surface area contributed by atoms with Gasteiger partial charge < -0.3 is 5.32 Å². The van der Waals surface area contributed by atoms with Crippen molar-refractivity contribution in [3.8, 4) is 0 Å². The van der Waals surface area contributed by atoms with Crippen molar-refractivity contribution in [1.82, 2.24) is 24.9 Å². The monoisotopic (exact) mass is 289 g/mol. The summed E-state index contributed by atoms with van der Waals surface area (Å²) in [5.41, 5.74) is 4.75. The maximum absolute atomic E-state index is 4.67. The van der Waals surface area contributed by atoms with Crippen molar-refractivity contribution in [2.24, 2.45) is 7.05 Å².